The number of hydrogen-bond acceptors (Lipinski definition) is 3. The number of thiophene rings is 1. The molecule has 0 aliphatic rings. The molecule has 2 rings (SSSR count). The summed E-state index contributed by atoms with van der Waals surface area (Å²) in [6.07, 6.45) is 1.88. The SMILES string of the molecule is CCNCc1cn[nH]c1-c1ccc(Br)s1. The number of halogens is 1. The van der Waals surface area contributed by atoms with Gasteiger partial charge in [-0.2, -0.15) is 5.10 Å². The van der Waals surface area contributed by atoms with E-state index in [1.165, 1.54) is 10.4 Å². The van der Waals surface area contributed by atoms with Crippen molar-refractivity contribution in [3.8, 4) is 10.6 Å². The molecule has 0 radical (unpaired) electrons. The minimum atomic E-state index is 0.859. The van der Waals surface area contributed by atoms with E-state index >= 15 is 0 Å². The number of H-pyrrole nitrogens is 1. The second-order valence-corrected chi connectivity index (χ2v) is 5.62. The van der Waals surface area contributed by atoms with Crippen LogP contribution in [0.3, 0.4) is 0 Å². The van der Waals surface area contributed by atoms with Gasteiger partial charge in [-0.05, 0) is 34.6 Å². The minimum absolute atomic E-state index is 0.859. The number of aromatic nitrogens is 2. The molecule has 0 saturated heterocycles. The molecule has 0 fully saturated rings. The van der Waals surface area contributed by atoms with E-state index in [0.29, 0.717) is 0 Å². The van der Waals surface area contributed by atoms with Crippen molar-refractivity contribution in [1.29, 1.82) is 0 Å². The first-order valence-corrected chi connectivity index (χ1v) is 6.41. The van der Waals surface area contributed by atoms with E-state index < -0.39 is 0 Å². The van der Waals surface area contributed by atoms with Crippen molar-refractivity contribution in [2.75, 3.05) is 6.54 Å². The lowest BCUT2D eigenvalue weighted by Crippen LogP contribution is -2.11. The van der Waals surface area contributed by atoms with Crippen LogP contribution in [0.2, 0.25) is 0 Å². The van der Waals surface area contributed by atoms with Crippen LogP contribution in [0.1, 0.15) is 12.5 Å². The number of aromatic amines is 1. The van der Waals surface area contributed by atoms with E-state index in [0.717, 1.165) is 22.6 Å². The maximum atomic E-state index is 4.09. The van der Waals surface area contributed by atoms with Crippen LogP contribution in [0, 0.1) is 0 Å². The number of rotatable bonds is 4. The maximum absolute atomic E-state index is 4.09. The molecule has 0 atom stereocenters. The summed E-state index contributed by atoms with van der Waals surface area (Å²) in [5.41, 5.74) is 2.33. The van der Waals surface area contributed by atoms with Crippen LogP contribution >= 0.6 is 27.3 Å². The Balaban J connectivity index is 2.24. The zero-order valence-corrected chi connectivity index (χ0v) is 10.8. The lowest BCUT2D eigenvalue weighted by atomic mass is 10.2. The van der Waals surface area contributed by atoms with Gasteiger partial charge in [-0.25, -0.2) is 0 Å². The summed E-state index contributed by atoms with van der Waals surface area (Å²) in [6.45, 7) is 3.93. The highest BCUT2D eigenvalue weighted by molar-refractivity contribution is 9.11. The number of nitrogens with zero attached hydrogens (tertiary/aromatic N) is 1. The van der Waals surface area contributed by atoms with E-state index in [2.05, 4.69) is 50.5 Å². The predicted molar refractivity (Wildman–Crippen MR) is 67.0 cm³/mol. The first kappa shape index (κ1) is 10.9. The molecule has 2 heterocycles. The summed E-state index contributed by atoms with van der Waals surface area (Å²) in [5.74, 6) is 0. The first-order valence-electron chi connectivity index (χ1n) is 4.80. The molecule has 15 heavy (non-hydrogen) atoms. The average molecular weight is 286 g/mol. The van der Waals surface area contributed by atoms with Gasteiger partial charge >= 0.3 is 0 Å². The Morgan fingerprint density at radius 3 is 3.07 bits per heavy atom. The van der Waals surface area contributed by atoms with Gasteiger partial charge in [0.15, 0.2) is 0 Å². The van der Waals surface area contributed by atoms with E-state index in [4.69, 9.17) is 0 Å². The first-order chi connectivity index (χ1) is 7.31. The van der Waals surface area contributed by atoms with Crippen LogP contribution in [-0.4, -0.2) is 16.7 Å². The van der Waals surface area contributed by atoms with Crippen molar-refractivity contribution in [3.05, 3.63) is 27.7 Å². The van der Waals surface area contributed by atoms with Crippen molar-refractivity contribution < 1.29 is 0 Å². The molecule has 0 saturated carbocycles. The Labute approximate surface area is 101 Å². The molecule has 0 aliphatic carbocycles. The molecule has 2 aromatic heterocycles. The third-order valence-electron chi connectivity index (χ3n) is 2.10. The van der Waals surface area contributed by atoms with Gasteiger partial charge in [0.25, 0.3) is 0 Å². The highest BCUT2D eigenvalue weighted by Gasteiger charge is 2.08. The fourth-order valence-corrected chi connectivity index (χ4v) is 2.78. The van der Waals surface area contributed by atoms with Crippen LogP contribution < -0.4 is 5.32 Å². The Bertz CT molecular complexity index is 435. The van der Waals surface area contributed by atoms with Gasteiger partial charge < -0.3 is 5.32 Å². The van der Waals surface area contributed by atoms with Crippen molar-refractivity contribution in [1.82, 2.24) is 15.5 Å². The zero-order valence-electron chi connectivity index (χ0n) is 8.38. The van der Waals surface area contributed by atoms with Gasteiger partial charge in [0.05, 0.1) is 20.6 Å². The molecule has 0 amide bonds. The van der Waals surface area contributed by atoms with Crippen LogP contribution in [-0.2, 0) is 6.54 Å². The summed E-state index contributed by atoms with van der Waals surface area (Å²) in [6, 6.07) is 4.15. The van der Waals surface area contributed by atoms with Gasteiger partial charge in [-0.3, -0.25) is 5.10 Å². The van der Waals surface area contributed by atoms with Crippen LogP contribution in [0.4, 0.5) is 0 Å². The Hall–Kier alpha value is -0.650. The molecule has 0 aromatic carbocycles. The molecule has 0 unspecified atom stereocenters. The molecule has 2 N–H and O–H groups in total. The number of hydrogen-bond donors (Lipinski definition) is 2. The number of nitrogens with one attached hydrogen (secondary N) is 2. The summed E-state index contributed by atoms with van der Waals surface area (Å²) < 4.78 is 1.14. The lowest BCUT2D eigenvalue weighted by Gasteiger charge is -2.00. The fraction of sp³-hybridized carbons (Fsp3) is 0.300. The Morgan fingerprint density at radius 1 is 1.53 bits per heavy atom. The Kier molecular flexibility index (Phi) is 3.56. The van der Waals surface area contributed by atoms with Gasteiger partial charge in [0, 0.05) is 12.1 Å². The van der Waals surface area contributed by atoms with Gasteiger partial charge in [-0.1, -0.05) is 6.92 Å². The van der Waals surface area contributed by atoms with Crippen molar-refractivity contribution in [2.24, 2.45) is 0 Å². The fourth-order valence-electron chi connectivity index (χ4n) is 1.37. The normalized spacial score (nSPS) is 10.8. The van der Waals surface area contributed by atoms with Gasteiger partial charge in [-0.15, -0.1) is 11.3 Å². The lowest BCUT2D eigenvalue weighted by molar-refractivity contribution is 0.728. The standard InChI is InChI=1S/C10H12BrN3S/c1-2-12-5-7-6-13-14-10(7)8-3-4-9(11)15-8/h3-4,6,12H,2,5H2,1H3,(H,13,14). The van der Waals surface area contributed by atoms with Gasteiger partial charge in [0.2, 0.25) is 0 Å². The molecule has 0 spiro atoms. The molecule has 80 valence electrons. The third kappa shape index (κ3) is 2.48. The van der Waals surface area contributed by atoms with E-state index in [9.17, 15) is 0 Å². The van der Waals surface area contributed by atoms with E-state index in [1.54, 1.807) is 11.3 Å². The van der Waals surface area contributed by atoms with Crippen LogP contribution in [0.15, 0.2) is 22.1 Å². The largest absolute Gasteiger partial charge is 0.313 e. The summed E-state index contributed by atoms with van der Waals surface area (Å²) in [5, 5.41) is 10.4. The van der Waals surface area contributed by atoms with E-state index in [1.807, 2.05) is 6.20 Å². The summed E-state index contributed by atoms with van der Waals surface area (Å²) in [7, 11) is 0. The second-order valence-electron chi connectivity index (χ2n) is 3.15. The quantitative estimate of drug-likeness (QED) is 0.907. The highest BCUT2D eigenvalue weighted by Crippen LogP contribution is 2.31. The van der Waals surface area contributed by atoms with Crippen molar-refractivity contribution >= 4 is 27.3 Å². The minimum Gasteiger partial charge on any atom is -0.313 e. The molecule has 5 heteroatoms. The summed E-state index contributed by atoms with van der Waals surface area (Å²) in [4.78, 5) is 1.22. The van der Waals surface area contributed by atoms with Crippen molar-refractivity contribution in [2.45, 2.75) is 13.5 Å². The average Bonchev–Trinajstić information content (AvgIpc) is 2.82. The van der Waals surface area contributed by atoms with Gasteiger partial charge in [0.1, 0.15) is 0 Å². The molecule has 2 aromatic rings. The molecule has 3 nitrogen and oxygen atoms in total. The monoisotopic (exact) mass is 285 g/mol. The van der Waals surface area contributed by atoms with Crippen LogP contribution in [0.25, 0.3) is 10.6 Å². The zero-order chi connectivity index (χ0) is 10.7. The van der Waals surface area contributed by atoms with E-state index in [-0.39, 0.29) is 0 Å². The van der Waals surface area contributed by atoms with Crippen LogP contribution in [0.5, 0.6) is 0 Å². The third-order valence-corrected chi connectivity index (χ3v) is 3.74. The topological polar surface area (TPSA) is 40.7 Å². The maximum Gasteiger partial charge on any atom is 0.0795 e. The van der Waals surface area contributed by atoms with Crippen molar-refractivity contribution in [3.63, 3.8) is 0 Å². The molecular weight excluding hydrogens is 274 g/mol. The smallest absolute Gasteiger partial charge is 0.0795 e. The second kappa shape index (κ2) is 4.92. The summed E-state index contributed by atoms with van der Waals surface area (Å²) >= 11 is 5.17. The molecular formula is C10H12BrN3S. The predicted octanol–water partition coefficient (Wildman–Crippen LogP) is 3.01. The Morgan fingerprint density at radius 2 is 2.40 bits per heavy atom. The molecule has 0 bridgehead atoms. The molecule has 0 aliphatic heterocycles. The highest BCUT2D eigenvalue weighted by atomic mass is 79.9.